The maximum absolute atomic E-state index is 9.62. The van der Waals surface area contributed by atoms with Crippen molar-refractivity contribution in [1.29, 1.82) is 0 Å². The Morgan fingerprint density at radius 2 is 1.73 bits per heavy atom. The van der Waals surface area contributed by atoms with Crippen LogP contribution in [-0.2, 0) is 9.37 Å². The second-order valence-corrected chi connectivity index (χ2v) is 3.50. The van der Waals surface area contributed by atoms with Gasteiger partial charge in [-0.1, -0.05) is 30.3 Å². The van der Waals surface area contributed by atoms with Crippen LogP contribution >= 0.6 is 12.0 Å². The molecular formula is C10H7NaO3S. The molecule has 0 unspecified atom stereocenters. The molecule has 2 aromatic carbocycles. The molecule has 72 valence electrons. The van der Waals surface area contributed by atoms with Crippen molar-refractivity contribution in [2.45, 2.75) is 4.90 Å². The summed E-state index contributed by atoms with van der Waals surface area (Å²) in [5, 5.41) is 15.2. The van der Waals surface area contributed by atoms with E-state index in [0.717, 1.165) is 27.7 Å². The maximum Gasteiger partial charge on any atom is 1.00 e. The van der Waals surface area contributed by atoms with E-state index in [9.17, 15) is 5.26 Å². The number of rotatable bonds is 3. The predicted molar refractivity (Wildman–Crippen MR) is 52.0 cm³/mol. The van der Waals surface area contributed by atoms with E-state index in [-0.39, 0.29) is 29.6 Å². The summed E-state index contributed by atoms with van der Waals surface area (Å²) in [6, 6.07) is 13.7. The van der Waals surface area contributed by atoms with Crippen LogP contribution in [0.3, 0.4) is 0 Å². The van der Waals surface area contributed by atoms with Gasteiger partial charge >= 0.3 is 29.6 Å². The first-order valence-electron chi connectivity index (χ1n) is 4.02. The van der Waals surface area contributed by atoms with E-state index in [0.29, 0.717) is 0 Å². The summed E-state index contributed by atoms with van der Waals surface area (Å²) in [6.45, 7) is 0. The van der Waals surface area contributed by atoms with Gasteiger partial charge in [-0.25, -0.2) is 0 Å². The molecule has 0 aromatic heterocycles. The molecule has 0 saturated carbocycles. The van der Waals surface area contributed by atoms with E-state index in [4.69, 9.17) is 0 Å². The molecule has 0 bridgehead atoms. The second kappa shape index (κ2) is 6.50. The van der Waals surface area contributed by atoms with Crippen molar-refractivity contribution in [1.82, 2.24) is 0 Å². The molecule has 15 heavy (non-hydrogen) atoms. The molecule has 0 saturated heterocycles. The van der Waals surface area contributed by atoms with E-state index in [1.54, 1.807) is 0 Å². The van der Waals surface area contributed by atoms with Crippen molar-refractivity contribution >= 4 is 22.8 Å². The smallest absolute Gasteiger partial charge is 0.691 e. The summed E-state index contributed by atoms with van der Waals surface area (Å²) < 4.78 is 4.23. The topological polar surface area (TPSA) is 41.5 Å². The van der Waals surface area contributed by atoms with Crippen LogP contribution in [0.1, 0.15) is 0 Å². The first kappa shape index (κ1) is 13.0. The summed E-state index contributed by atoms with van der Waals surface area (Å²) in [6.07, 6.45) is 0. The van der Waals surface area contributed by atoms with Gasteiger partial charge in [-0.15, -0.1) is 0 Å². The van der Waals surface area contributed by atoms with Crippen LogP contribution in [0.5, 0.6) is 0 Å². The Morgan fingerprint density at radius 1 is 1.00 bits per heavy atom. The molecule has 2 aromatic rings. The van der Waals surface area contributed by atoms with Crippen LogP contribution in [0.25, 0.3) is 10.8 Å². The van der Waals surface area contributed by atoms with E-state index >= 15 is 0 Å². The molecule has 5 heteroatoms. The molecule has 3 nitrogen and oxygen atoms in total. The van der Waals surface area contributed by atoms with Crippen LogP contribution in [-0.4, -0.2) is 0 Å². The van der Waals surface area contributed by atoms with Crippen LogP contribution in [0.2, 0.25) is 0 Å². The number of benzene rings is 2. The molecule has 0 aliphatic heterocycles. The minimum atomic E-state index is 0. The maximum atomic E-state index is 9.62. The van der Waals surface area contributed by atoms with Crippen LogP contribution in [0, 0.1) is 0 Å². The van der Waals surface area contributed by atoms with Crippen molar-refractivity contribution in [2.24, 2.45) is 0 Å². The Kier molecular flexibility index (Phi) is 5.63. The third kappa shape index (κ3) is 3.46. The van der Waals surface area contributed by atoms with E-state index in [2.05, 4.69) is 9.37 Å². The molecule has 0 spiro atoms. The molecule has 0 N–H and O–H groups in total. The van der Waals surface area contributed by atoms with Gasteiger partial charge in [-0.05, 0) is 22.9 Å². The normalized spacial score (nSPS) is 9.93. The second-order valence-electron chi connectivity index (χ2n) is 2.73. The Bertz CT molecular complexity index is 436. The third-order valence-electron chi connectivity index (χ3n) is 1.88. The number of fused-ring (bicyclic) bond motifs is 1. The summed E-state index contributed by atoms with van der Waals surface area (Å²) in [4.78, 5) is 0.833. The molecule has 0 fully saturated rings. The Morgan fingerprint density at radius 3 is 2.47 bits per heavy atom. The Hall–Kier alpha value is -0.0700. The van der Waals surface area contributed by atoms with Crippen molar-refractivity contribution in [2.75, 3.05) is 0 Å². The van der Waals surface area contributed by atoms with Crippen molar-refractivity contribution in [3.05, 3.63) is 42.5 Å². The molecule has 0 amide bonds. The van der Waals surface area contributed by atoms with Crippen molar-refractivity contribution in [3.63, 3.8) is 0 Å². The summed E-state index contributed by atoms with van der Waals surface area (Å²) in [5.41, 5.74) is 0. The monoisotopic (exact) mass is 230 g/mol. The molecule has 0 aliphatic rings. The van der Waals surface area contributed by atoms with Gasteiger partial charge in [0.05, 0.1) is 12.0 Å². The van der Waals surface area contributed by atoms with Gasteiger partial charge in [0.25, 0.3) is 0 Å². The number of hydrogen-bond acceptors (Lipinski definition) is 4. The fourth-order valence-electron chi connectivity index (χ4n) is 1.27. The van der Waals surface area contributed by atoms with Crippen LogP contribution in [0.15, 0.2) is 47.4 Å². The molecule has 0 radical (unpaired) electrons. The van der Waals surface area contributed by atoms with Crippen molar-refractivity contribution < 1.29 is 44.2 Å². The van der Waals surface area contributed by atoms with Crippen molar-refractivity contribution in [3.8, 4) is 0 Å². The zero-order valence-electron chi connectivity index (χ0n) is 8.17. The Balaban J connectivity index is 0.00000112. The molecular weight excluding hydrogens is 223 g/mol. The van der Waals surface area contributed by atoms with E-state index in [1.165, 1.54) is 0 Å². The molecule has 0 aliphatic carbocycles. The average molecular weight is 230 g/mol. The van der Waals surface area contributed by atoms with Gasteiger partial charge in [0.2, 0.25) is 0 Å². The van der Waals surface area contributed by atoms with Gasteiger partial charge in [-0.3, -0.25) is 5.04 Å². The zero-order valence-corrected chi connectivity index (χ0v) is 11.0. The molecule has 2 rings (SSSR count). The minimum Gasteiger partial charge on any atom is -0.691 e. The fourth-order valence-corrected chi connectivity index (χ4v) is 1.68. The summed E-state index contributed by atoms with van der Waals surface area (Å²) in [7, 11) is 0. The van der Waals surface area contributed by atoms with E-state index in [1.807, 2.05) is 42.5 Å². The van der Waals surface area contributed by atoms with Gasteiger partial charge in [0.1, 0.15) is 0 Å². The summed E-state index contributed by atoms with van der Waals surface area (Å²) >= 11 is 0.901. The third-order valence-corrected chi connectivity index (χ3v) is 2.45. The summed E-state index contributed by atoms with van der Waals surface area (Å²) in [5.74, 6) is 0. The first-order chi connectivity index (χ1) is 6.90. The van der Waals surface area contributed by atoms with Gasteiger partial charge in [0.15, 0.2) is 0 Å². The Labute approximate surface area is 114 Å². The average Bonchev–Trinajstić information content (AvgIpc) is 2.26. The molecule has 0 atom stereocenters. The zero-order chi connectivity index (χ0) is 9.80. The standard InChI is InChI=1S/C10H8O3S.Na/c11-12-13-14-10-6-5-8-3-1-2-4-9(8)7-10;/h1-7,11H;/q;+1/p-1. The van der Waals surface area contributed by atoms with Gasteiger partial charge in [0, 0.05) is 4.90 Å². The fraction of sp³-hybridized carbons (Fsp3) is 0. The molecule has 0 heterocycles. The largest absolute Gasteiger partial charge is 1.00 e. The predicted octanol–water partition coefficient (Wildman–Crippen LogP) is -0.926. The van der Waals surface area contributed by atoms with E-state index < -0.39 is 0 Å². The van der Waals surface area contributed by atoms with Gasteiger partial charge < -0.3 is 5.26 Å². The van der Waals surface area contributed by atoms with Crippen LogP contribution in [0.4, 0.5) is 0 Å². The SMILES string of the molecule is [Na+].[O-]OOSc1ccc2ccccc2c1. The number of hydrogen-bond donors (Lipinski definition) is 0. The van der Waals surface area contributed by atoms with Crippen LogP contribution < -0.4 is 34.8 Å². The quantitative estimate of drug-likeness (QED) is 0.296. The minimum absolute atomic E-state index is 0. The van der Waals surface area contributed by atoms with Gasteiger partial charge in [-0.2, -0.15) is 4.33 Å². The first-order valence-corrected chi connectivity index (χ1v) is 4.76.